The summed E-state index contributed by atoms with van der Waals surface area (Å²) in [6.07, 6.45) is 1.58. The van der Waals surface area contributed by atoms with E-state index in [1.165, 1.54) is 0 Å². The molecule has 4 heterocycles. The summed E-state index contributed by atoms with van der Waals surface area (Å²) in [5.41, 5.74) is 3.38. The fraction of sp³-hybridized carbons (Fsp3) is 0.452. The second-order valence-electron chi connectivity index (χ2n) is 11.6. The van der Waals surface area contributed by atoms with E-state index < -0.39 is 11.7 Å². The van der Waals surface area contributed by atoms with Crippen LogP contribution in [-0.2, 0) is 17.6 Å². The molecule has 0 bridgehead atoms. The molecule has 3 aromatic rings. The molecule has 0 spiro atoms. The number of carbonyl (C=O) groups is 1. The van der Waals surface area contributed by atoms with Gasteiger partial charge in [0.15, 0.2) is 5.83 Å². The van der Waals surface area contributed by atoms with E-state index in [-0.39, 0.29) is 6.04 Å². The third-order valence-corrected chi connectivity index (χ3v) is 9.09. The van der Waals surface area contributed by atoms with Crippen molar-refractivity contribution in [2.75, 3.05) is 74.6 Å². The molecular weight excluding hydrogens is 541 g/mol. The molecule has 10 heteroatoms. The van der Waals surface area contributed by atoms with Crippen LogP contribution in [0.2, 0.25) is 5.02 Å². The first-order valence-electron chi connectivity index (χ1n) is 14.3. The Morgan fingerprint density at radius 3 is 2.44 bits per heavy atom. The van der Waals surface area contributed by atoms with Gasteiger partial charge in [-0.15, -0.1) is 0 Å². The first kappa shape index (κ1) is 27.7. The molecule has 0 N–H and O–H groups in total. The van der Waals surface area contributed by atoms with Gasteiger partial charge in [-0.3, -0.25) is 4.79 Å². The Morgan fingerprint density at radius 1 is 1.00 bits per heavy atom. The normalized spacial score (nSPS) is 19.8. The van der Waals surface area contributed by atoms with Crippen molar-refractivity contribution in [3.05, 3.63) is 65.1 Å². The number of nitrogens with zero attached hydrogens (tertiary/aromatic N) is 7. The number of benzene rings is 2. The molecule has 2 aromatic carbocycles. The average Bonchev–Trinajstić information content (AvgIpc) is 3.14. The third kappa shape index (κ3) is 5.21. The van der Waals surface area contributed by atoms with Gasteiger partial charge in [0.25, 0.3) is 5.91 Å². The van der Waals surface area contributed by atoms with E-state index >= 15 is 0 Å². The Labute approximate surface area is 246 Å². The quantitative estimate of drug-likeness (QED) is 0.422. The lowest BCUT2D eigenvalue weighted by Crippen LogP contribution is -2.58. The molecule has 0 unspecified atom stereocenters. The number of anilines is 3. The number of rotatable bonds is 5. The fourth-order valence-corrected chi connectivity index (χ4v) is 6.58. The maximum atomic E-state index is 13.6. The molecule has 8 nitrogen and oxygen atoms in total. The van der Waals surface area contributed by atoms with Gasteiger partial charge in [-0.25, -0.2) is 9.37 Å². The summed E-state index contributed by atoms with van der Waals surface area (Å²) in [6.45, 7) is 10.1. The summed E-state index contributed by atoms with van der Waals surface area (Å²) >= 11 is 6.70. The number of hydrogen-bond donors (Lipinski definition) is 0. The molecule has 2 fully saturated rings. The molecule has 1 amide bonds. The Kier molecular flexibility index (Phi) is 7.50. The summed E-state index contributed by atoms with van der Waals surface area (Å²) < 4.78 is 13.6. The van der Waals surface area contributed by atoms with Crippen LogP contribution in [0.25, 0.3) is 10.8 Å². The molecule has 1 atom stereocenters. The van der Waals surface area contributed by atoms with Gasteiger partial charge in [0, 0.05) is 81.0 Å². The molecule has 216 valence electrons. The Morgan fingerprint density at radius 2 is 1.73 bits per heavy atom. The zero-order valence-electron chi connectivity index (χ0n) is 24.0. The molecular formula is C31H37ClFN7O. The van der Waals surface area contributed by atoms with Crippen LogP contribution >= 0.6 is 11.6 Å². The second kappa shape index (κ2) is 11.1. The average molecular weight is 578 g/mol. The topological polar surface area (TPSA) is 59.1 Å². The van der Waals surface area contributed by atoms with Crippen molar-refractivity contribution in [3.63, 3.8) is 0 Å². The molecule has 0 aliphatic carbocycles. The van der Waals surface area contributed by atoms with Gasteiger partial charge in [0.1, 0.15) is 5.82 Å². The van der Waals surface area contributed by atoms with Gasteiger partial charge in [-0.05, 0) is 45.0 Å². The summed E-state index contributed by atoms with van der Waals surface area (Å²) in [7, 11) is 4.21. The maximum Gasteiger partial charge on any atom is 0.282 e. The lowest BCUT2D eigenvalue weighted by atomic mass is 10.1. The number of carbonyl (C=O) groups excluding carboxylic acids is 1. The van der Waals surface area contributed by atoms with E-state index in [1.807, 2.05) is 12.1 Å². The smallest absolute Gasteiger partial charge is 0.282 e. The first-order valence-corrected chi connectivity index (χ1v) is 14.7. The molecule has 0 radical (unpaired) electrons. The highest BCUT2D eigenvalue weighted by Crippen LogP contribution is 2.36. The Bertz CT molecular complexity index is 1490. The number of likely N-dealkylation sites (N-methyl/N-ethyl adjacent to an activating group) is 1. The van der Waals surface area contributed by atoms with Crippen molar-refractivity contribution < 1.29 is 9.18 Å². The zero-order valence-corrected chi connectivity index (χ0v) is 24.7. The SMILES string of the molecule is C=C(F)C(=O)N1CCN(c2nc(N3CC(N(C)C)C3)nc3c2CCN(c2cccc4cccc(Cl)c24)CC3)[C@@H](C)C1. The van der Waals surface area contributed by atoms with E-state index in [2.05, 4.69) is 71.5 Å². The van der Waals surface area contributed by atoms with Gasteiger partial charge in [-0.1, -0.05) is 42.4 Å². The lowest BCUT2D eigenvalue weighted by Gasteiger charge is -2.44. The van der Waals surface area contributed by atoms with Gasteiger partial charge < -0.3 is 24.5 Å². The number of aromatic nitrogens is 2. The zero-order chi connectivity index (χ0) is 28.8. The van der Waals surface area contributed by atoms with E-state index in [1.54, 1.807) is 4.90 Å². The molecule has 2 saturated heterocycles. The Hall–Kier alpha value is -3.43. The van der Waals surface area contributed by atoms with Crippen LogP contribution in [0.5, 0.6) is 0 Å². The van der Waals surface area contributed by atoms with Crippen molar-refractivity contribution in [2.24, 2.45) is 0 Å². The van der Waals surface area contributed by atoms with Crippen LogP contribution in [-0.4, -0.2) is 97.7 Å². The third-order valence-electron chi connectivity index (χ3n) is 8.78. The highest BCUT2D eigenvalue weighted by Gasteiger charge is 2.35. The van der Waals surface area contributed by atoms with Crippen molar-refractivity contribution >= 4 is 45.7 Å². The van der Waals surface area contributed by atoms with Crippen LogP contribution in [0.3, 0.4) is 0 Å². The molecule has 3 aliphatic rings. The van der Waals surface area contributed by atoms with Crippen molar-refractivity contribution in [3.8, 4) is 0 Å². The van der Waals surface area contributed by atoms with Gasteiger partial charge in [0.2, 0.25) is 5.95 Å². The molecule has 1 aromatic heterocycles. The van der Waals surface area contributed by atoms with E-state index in [0.29, 0.717) is 25.7 Å². The van der Waals surface area contributed by atoms with E-state index in [9.17, 15) is 9.18 Å². The minimum Gasteiger partial charge on any atom is -0.370 e. The van der Waals surface area contributed by atoms with Crippen LogP contribution in [0.4, 0.5) is 21.8 Å². The molecule has 41 heavy (non-hydrogen) atoms. The van der Waals surface area contributed by atoms with Gasteiger partial charge >= 0.3 is 0 Å². The van der Waals surface area contributed by atoms with Crippen LogP contribution in [0, 0.1) is 0 Å². The summed E-state index contributed by atoms with van der Waals surface area (Å²) in [5.74, 6) is 0.167. The number of amides is 1. The predicted octanol–water partition coefficient (Wildman–Crippen LogP) is 4.16. The van der Waals surface area contributed by atoms with Crippen LogP contribution in [0.15, 0.2) is 48.8 Å². The predicted molar refractivity (Wildman–Crippen MR) is 164 cm³/mol. The number of halogens is 2. The van der Waals surface area contributed by atoms with Crippen molar-refractivity contribution in [1.29, 1.82) is 0 Å². The fourth-order valence-electron chi connectivity index (χ4n) is 6.30. The van der Waals surface area contributed by atoms with Crippen LogP contribution in [0.1, 0.15) is 18.2 Å². The van der Waals surface area contributed by atoms with Crippen molar-refractivity contribution in [1.82, 2.24) is 19.8 Å². The highest BCUT2D eigenvalue weighted by atomic mass is 35.5. The lowest BCUT2D eigenvalue weighted by molar-refractivity contribution is -0.129. The largest absolute Gasteiger partial charge is 0.370 e. The number of fused-ring (bicyclic) bond motifs is 2. The van der Waals surface area contributed by atoms with Gasteiger partial charge in [-0.2, -0.15) is 4.98 Å². The van der Waals surface area contributed by atoms with E-state index in [4.69, 9.17) is 21.6 Å². The molecule has 3 aliphatic heterocycles. The minimum absolute atomic E-state index is 0.0268. The van der Waals surface area contributed by atoms with Crippen LogP contribution < -0.4 is 14.7 Å². The number of piperazine rings is 1. The summed E-state index contributed by atoms with van der Waals surface area (Å²) in [6, 6.07) is 12.8. The standard InChI is InChI=1S/C31H37ClFN7O/c1-20-17-38(30(41)21(2)33)15-16-40(20)29-24-11-13-37(27-10-6-8-22-7-5-9-25(32)28(22)27)14-12-26(24)34-31(35-29)39-18-23(19-39)36(3)4/h5-10,20,23H,2,11-19H2,1,3-4H3/t20-/m0/s1. The Balaban J connectivity index is 1.33. The minimum atomic E-state index is -0.911. The number of hydrogen-bond acceptors (Lipinski definition) is 7. The molecule has 6 rings (SSSR count). The monoisotopic (exact) mass is 577 g/mol. The first-order chi connectivity index (χ1) is 19.7. The van der Waals surface area contributed by atoms with E-state index in [0.717, 1.165) is 83.5 Å². The summed E-state index contributed by atoms with van der Waals surface area (Å²) in [4.78, 5) is 33.4. The highest BCUT2D eigenvalue weighted by molar-refractivity contribution is 6.36. The van der Waals surface area contributed by atoms with Crippen molar-refractivity contribution in [2.45, 2.75) is 31.8 Å². The second-order valence-corrected chi connectivity index (χ2v) is 12.0. The molecule has 0 saturated carbocycles. The summed E-state index contributed by atoms with van der Waals surface area (Å²) in [5, 5.41) is 2.96. The van der Waals surface area contributed by atoms with Gasteiger partial charge in [0.05, 0.1) is 10.7 Å². The maximum absolute atomic E-state index is 13.6.